The van der Waals surface area contributed by atoms with Gasteiger partial charge in [0.1, 0.15) is 18.3 Å². The number of methoxy groups -OCH3 is 1. The smallest absolute Gasteiger partial charge is 0.264 e. The second kappa shape index (κ2) is 16.2. The maximum absolute atomic E-state index is 14.7. The first-order chi connectivity index (χ1) is 23.1. The minimum Gasteiger partial charge on any atom is -0.497 e. The summed E-state index contributed by atoms with van der Waals surface area (Å²) in [5.74, 6) is -0.230. The lowest BCUT2D eigenvalue weighted by Crippen LogP contribution is -2.55. The molecule has 48 heavy (non-hydrogen) atoms. The van der Waals surface area contributed by atoms with Crippen molar-refractivity contribution in [3.63, 3.8) is 0 Å². The van der Waals surface area contributed by atoms with Gasteiger partial charge < -0.3 is 15.0 Å². The Balaban J connectivity index is 1.56. The van der Waals surface area contributed by atoms with Gasteiger partial charge in [-0.25, -0.2) is 8.42 Å². The predicted octanol–water partition coefficient (Wildman–Crippen LogP) is 6.94. The number of carbonyl (C=O) groups excluding carboxylic acids is 2. The van der Waals surface area contributed by atoms with Crippen LogP contribution < -0.4 is 14.4 Å². The first-order valence-electron chi connectivity index (χ1n) is 16.3. The highest BCUT2D eigenvalue weighted by Gasteiger charge is 2.35. The Hall–Kier alpha value is -4.34. The molecule has 1 aliphatic carbocycles. The number of halogens is 1. The minimum atomic E-state index is -4.20. The lowest BCUT2D eigenvalue weighted by molar-refractivity contribution is -0.140. The molecule has 8 nitrogen and oxygen atoms in total. The van der Waals surface area contributed by atoms with Crippen LogP contribution in [0.25, 0.3) is 0 Å². The average molecular weight is 688 g/mol. The van der Waals surface area contributed by atoms with E-state index in [1.807, 2.05) is 49.4 Å². The topological polar surface area (TPSA) is 96.0 Å². The molecule has 1 atom stereocenters. The molecular weight excluding hydrogens is 646 g/mol. The maximum atomic E-state index is 14.7. The van der Waals surface area contributed by atoms with E-state index in [-0.39, 0.29) is 29.8 Å². The molecule has 0 aliphatic heterocycles. The van der Waals surface area contributed by atoms with Crippen molar-refractivity contribution >= 4 is 39.1 Å². The summed E-state index contributed by atoms with van der Waals surface area (Å²) >= 11 is 6.19. The number of ether oxygens (including phenoxy) is 1. The van der Waals surface area contributed by atoms with Gasteiger partial charge in [-0.3, -0.25) is 13.9 Å². The van der Waals surface area contributed by atoms with Gasteiger partial charge in [0, 0.05) is 24.0 Å². The van der Waals surface area contributed by atoms with Crippen molar-refractivity contribution in [1.82, 2.24) is 10.2 Å². The van der Waals surface area contributed by atoms with E-state index in [1.165, 1.54) is 24.1 Å². The van der Waals surface area contributed by atoms with E-state index in [0.717, 1.165) is 53.1 Å². The zero-order chi connectivity index (χ0) is 34.1. The molecule has 1 aliphatic rings. The highest BCUT2D eigenvalue weighted by molar-refractivity contribution is 7.92. The van der Waals surface area contributed by atoms with Gasteiger partial charge >= 0.3 is 0 Å². The van der Waals surface area contributed by atoms with E-state index in [0.29, 0.717) is 16.5 Å². The van der Waals surface area contributed by atoms with Crippen LogP contribution in [0.1, 0.15) is 48.8 Å². The van der Waals surface area contributed by atoms with Gasteiger partial charge in [0.15, 0.2) is 0 Å². The minimum absolute atomic E-state index is 0.0229. The van der Waals surface area contributed by atoms with E-state index in [1.54, 1.807) is 48.5 Å². The Bertz CT molecular complexity index is 1760. The number of nitrogens with zero attached hydrogens (tertiary/aromatic N) is 2. The summed E-state index contributed by atoms with van der Waals surface area (Å²) in [4.78, 5) is 30.4. The van der Waals surface area contributed by atoms with Crippen LogP contribution in [0.4, 0.5) is 5.69 Å². The summed E-state index contributed by atoms with van der Waals surface area (Å²) in [5, 5.41) is 3.77. The van der Waals surface area contributed by atoms with Crippen molar-refractivity contribution in [2.24, 2.45) is 0 Å². The van der Waals surface area contributed by atoms with E-state index in [2.05, 4.69) is 5.32 Å². The van der Waals surface area contributed by atoms with Crippen molar-refractivity contribution in [2.45, 2.75) is 69.0 Å². The van der Waals surface area contributed by atoms with Crippen LogP contribution in [-0.4, -0.2) is 50.9 Å². The van der Waals surface area contributed by atoms with Crippen LogP contribution in [-0.2, 0) is 32.6 Å². The third-order valence-electron chi connectivity index (χ3n) is 8.74. The molecule has 1 N–H and O–H groups in total. The van der Waals surface area contributed by atoms with Gasteiger partial charge in [-0.05, 0) is 79.4 Å². The fraction of sp³-hybridized carbons (Fsp3) is 0.316. The van der Waals surface area contributed by atoms with Gasteiger partial charge in [-0.2, -0.15) is 0 Å². The lowest BCUT2D eigenvalue weighted by Gasteiger charge is -2.35. The van der Waals surface area contributed by atoms with E-state index in [4.69, 9.17) is 16.3 Å². The summed E-state index contributed by atoms with van der Waals surface area (Å²) in [6.45, 7) is 1.42. The first kappa shape index (κ1) is 35.0. The number of amides is 2. The molecule has 4 aromatic rings. The molecule has 0 unspecified atom stereocenters. The molecule has 10 heteroatoms. The first-order valence-corrected chi connectivity index (χ1v) is 18.1. The van der Waals surface area contributed by atoms with E-state index < -0.39 is 28.5 Å². The van der Waals surface area contributed by atoms with Crippen LogP contribution in [0, 0.1) is 6.92 Å². The summed E-state index contributed by atoms with van der Waals surface area (Å²) in [6, 6.07) is 28.8. The summed E-state index contributed by atoms with van der Waals surface area (Å²) < 4.78 is 34.9. The van der Waals surface area contributed by atoms with Crippen LogP contribution in [0.5, 0.6) is 5.75 Å². The standard InChI is InChI=1S/C38H42ClN3O5S/c1-28-13-23-35(24-14-28)48(45,46)42(33-19-21-34(47-2)22-20-33)27-37(43)41(26-30-15-17-31(39)18-16-30)36(25-29-9-5-3-6-10-29)38(44)40-32-11-7-4-8-12-32/h3,5-6,9-10,13-24,32,36H,4,7-8,11-12,25-27H2,1-2H3,(H,40,44)/t36-/m1/s1. The fourth-order valence-electron chi connectivity index (χ4n) is 6.00. The second-order valence-corrected chi connectivity index (χ2v) is 14.5. The zero-order valence-corrected chi connectivity index (χ0v) is 28.9. The molecular formula is C38H42ClN3O5S. The Morgan fingerprint density at radius 2 is 1.50 bits per heavy atom. The van der Waals surface area contributed by atoms with Crippen molar-refractivity contribution in [3.8, 4) is 5.75 Å². The average Bonchev–Trinajstić information content (AvgIpc) is 3.10. The number of aryl methyl sites for hydroxylation is 1. The van der Waals surface area contributed by atoms with E-state index >= 15 is 0 Å². The van der Waals surface area contributed by atoms with Gasteiger partial charge in [0.25, 0.3) is 10.0 Å². The van der Waals surface area contributed by atoms with Crippen LogP contribution in [0.15, 0.2) is 108 Å². The third kappa shape index (κ3) is 8.96. The molecule has 0 saturated heterocycles. The molecule has 252 valence electrons. The van der Waals surface area contributed by atoms with Gasteiger partial charge in [0.2, 0.25) is 11.8 Å². The largest absolute Gasteiger partial charge is 0.497 e. The predicted molar refractivity (Wildman–Crippen MR) is 190 cm³/mol. The summed E-state index contributed by atoms with van der Waals surface area (Å²) in [5.41, 5.74) is 2.84. The van der Waals surface area contributed by atoms with Crippen molar-refractivity contribution in [2.75, 3.05) is 18.0 Å². The van der Waals surface area contributed by atoms with Crippen molar-refractivity contribution in [3.05, 3.63) is 125 Å². The Labute approximate surface area is 288 Å². The Morgan fingerprint density at radius 1 is 0.854 bits per heavy atom. The van der Waals surface area contributed by atoms with Gasteiger partial charge in [0.05, 0.1) is 17.7 Å². The number of anilines is 1. The highest BCUT2D eigenvalue weighted by Crippen LogP contribution is 2.27. The molecule has 4 aromatic carbocycles. The SMILES string of the molecule is COc1ccc(N(CC(=O)N(Cc2ccc(Cl)cc2)[C@H](Cc2ccccc2)C(=O)NC2CCCCC2)S(=O)(=O)c2ccc(C)cc2)cc1. The Morgan fingerprint density at radius 3 is 2.12 bits per heavy atom. The molecule has 2 amide bonds. The molecule has 0 heterocycles. The number of carbonyl (C=O) groups is 2. The zero-order valence-electron chi connectivity index (χ0n) is 27.3. The number of hydrogen-bond donors (Lipinski definition) is 1. The Kier molecular flexibility index (Phi) is 11.8. The normalized spacial score (nSPS) is 14.1. The number of rotatable bonds is 13. The quantitative estimate of drug-likeness (QED) is 0.164. The third-order valence-corrected chi connectivity index (χ3v) is 10.8. The maximum Gasteiger partial charge on any atom is 0.264 e. The molecule has 5 rings (SSSR count). The van der Waals surface area contributed by atoms with Crippen molar-refractivity contribution < 1.29 is 22.7 Å². The monoisotopic (exact) mass is 687 g/mol. The van der Waals surface area contributed by atoms with Gasteiger partial charge in [-0.15, -0.1) is 0 Å². The fourth-order valence-corrected chi connectivity index (χ4v) is 7.54. The summed E-state index contributed by atoms with van der Waals surface area (Å²) in [6.07, 6.45) is 5.23. The second-order valence-electron chi connectivity index (χ2n) is 12.2. The number of nitrogens with one attached hydrogen (secondary N) is 1. The molecule has 1 fully saturated rings. The lowest BCUT2D eigenvalue weighted by atomic mass is 9.94. The van der Waals surface area contributed by atoms with Crippen LogP contribution in [0.2, 0.25) is 5.02 Å². The number of benzene rings is 4. The molecule has 1 saturated carbocycles. The molecule has 0 radical (unpaired) electrons. The van der Waals surface area contributed by atoms with Crippen LogP contribution >= 0.6 is 11.6 Å². The number of hydrogen-bond acceptors (Lipinski definition) is 5. The van der Waals surface area contributed by atoms with Crippen LogP contribution in [0.3, 0.4) is 0 Å². The number of sulfonamides is 1. The highest BCUT2D eigenvalue weighted by atomic mass is 35.5. The summed E-state index contributed by atoms with van der Waals surface area (Å²) in [7, 11) is -2.67. The van der Waals surface area contributed by atoms with Gasteiger partial charge in [-0.1, -0.05) is 91.0 Å². The molecule has 0 spiro atoms. The van der Waals surface area contributed by atoms with Crippen molar-refractivity contribution in [1.29, 1.82) is 0 Å². The van der Waals surface area contributed by atoms with E-state index in [9.17, 15) is 18.0 Å². The molecule has 0 aromatic heterocycles. The molecule has 0 bridgehead atoms.